The molecule has 0 bridgehead atoms. The van der Waals surface area contributed by atoms with E-state index in [-0.39, 0.29) is 0 Å². The fourth-order valence-electron chi connectivity index (χ4n) is 3.82. The molecule has 2 N–H and O–H groups in total. The first-order valence-electron chi connectivity index (χ1n) is 7.50. The number of likely N-dealkylation sites (tertiary alicyclic amines) is 1. The lowest BCUT2D eigenvalue weighted by Crippen LogP contribution is -2.46. The molecule has 17 heavy (non-hydrogen) atoms. The predicted octanol–water partition coefficient (Wildman–Crippen LogP) is 2.87. The SMILES string of the molecule is CCC1CCC(CN)C(N2CCC(C)(C)C2)C1. The lowest BCUT2D eigenvalue weighted by molar-refractivity contribution is 0.0924. The second kappa shape index (κ2) is 5.27. The van der Waals surface area contributed by atoms with Crippen LogP contribution in [0, 0.1) is 17.3 Å². The topological polar surface area (TPSA) is 29.3 Å². The van der Waals surface area contributed by atoms with Crippen LogP contribution in [-0.2, 0) is 0 Å². The second-order valence-electron chi connectivity index (χ2n) is 7.04. The standard InChI is InChI=1S/C15H30N2/c1-4-12-5-6-13(10-16)14(9-12)17-8-7-15(2,3)11-17/h12-14H,4-11,16H2,1-3H3. The van der Waals surface area contributed by atoms with E-state index in [2.05, 4.69) is 25.7 Å². The maximum absolute atomic E-state index is 5.99. The molecule has 2 fully saturated rings. The third kappa shape index (κ3) is 3.03. The van der Waals surface area contributed by atoms with Gasteiger partial charge in [-0.25, -0.2) is 0 Å². The summed E-state index contributed by atoms with van der Waals surface area (Å²) < 4.78 is 0. The lowest BCUT2D eigenvalue weighted by atomic mass is 9.76. The van der Waals surface area contributed by atoms with Crippen molar-refractivity contribution in [3.63, 3.8) is 0 Å². The first-order valence-corrected chi connectivity index (χ1v) is 7.50. The van der Waals surface area contributed by atoms with Gasteiger partial charge < -0.3 is 5.73 Å². The molecule has 0 aromatic heterocycles. The molecule has 1 aliphatic carbocycles. The fourth-order valence-corrected chi connectivity index (χ4v) is 3.82. The van der Waals surface area contributed by atoms with Crippen LogP contribution in [0.4, 0.5) is 0 Å². The van der Waals surface area contributed by atoms with Gasteiger partial charge in [-0.3, -0.25) is 4.90 Å². The van der Waals surface area contributed by atoms with Crippen LogP contribution in [0.2, 0.25) is 0 Å². The third-order valence-corrected chi connectivity index (χ3v) is 5.12. The summed E-state index contributed by atoms with van der Waals surface area (Å²) in [6.45, 7) is 10.6. The molecule has 2 nitrogen and oxygen atoms in total. The van der Waals surface area contributed by atoms with Crippen molar-refractivity contribution in [3.05, 3.63) is 0 Å². The molecule has 0 aromatic rings. The van der Waals surface area contributed by atoms with Crippen molar-refractivity contribution in [1.29, 1.82) is 0 Å². The number of hydrogen-bond donors (Lipinski definition) is 1. The van der Waals surface area contributed by atoms with E-state index >= 15 is 0 Å². The molecule has 2 rings (SSSR count). The predicted molar refractivity (Wildman–Crippen MR) is 73.9 cm³/mol. The Morgan fingerprint density at radius 1 is 1.29 bits per heavy atom. The van der Waals surface area contributed by atoms with Gasteiger partial charge in [0.05, 0.1) is 0 Å². The molecular weight excluding hydrogens is 208 g/mol. The van der Waals surface area contributed by atoms with Crippen LogP contribution >= 0.6 is 0 Å². The van der Waals surface area contributed by atoms with Gasteiger partial charge in [0.2, 0.25) is 0 Å². The summed E-state index contributed by atoms with van der Waals surface area (Å²) in [7, 11) is 0. The Kier molecular flexibility index (Phi) is 4.14. The van der Waals surface area contributed by atoms with Gasteiger partial charge in [-0.05, 0) is 49.6 Å². The average molecular weight is 238 g/mol. The quantitative estimate of drug-likeness (QED) is 0.819. The molecule has 2 aliphatic rings. The lowest BCUT2D eigenvalue weighted by Gasteiger charge is -2.41. The Morgan fingerprint density at radius 2 is 2.06 bits per heavy atom. The molecule has 0 radical (unpaired) electrons. The molecule has 1 saturated heterocycles. The van der Waals surface area contributed by atoms with Gasteiger partial charge in [-0.15, -0.1) is 0 Å². The van der Waals surface area contributed by atoms with Crippen molar-refractivity contribution in [2.75, 3.05) is 19.6 Å². The molecule has 1 heterocycles. The molecule has 100 valence electrons. The van der Waals surface area contributed by atoms with Gasteiger partial charge in [-0.1, -0.05) is 33.6 Å². The zero-order chi connectivity index (χ0) is 12.5. The van der Waals surface area contributed by atoms with E-state index in [0.717, 1.165) is 24.4 Å². The minimum Gasteiger partial charge on any atom is -0.330 e. The van der Waals surface area contributed by atoms with Crippen molar-refractivity contribution in [2.24, 2.45) is 23.0 Å². The van der Waals surface area contributed by atoms with Gasteiger partial charge in [0, 0.05) is 12.6 Å². The van der Waals surface area contributed by atoms with Crippen LogP contribution in [0.3, 0.4) is 0 Å². The van der Waals surface area contributed by atoms with E-state index < -0.39 is 0 Å². The monoisotopic (exact) mass is 238 g/mol. The van der Waals surface area contributed by atoms with E-state index in [1.165, 1.54) is 45.2 Å². The largest absolute Gasteiger partial charge is 0.330 e. The van der Waals surface area contributed by atoms with E-state index in [1.807, 2.05) is 0 Å². The van der Waals surface area contributed by atoms with Gasteiger partial charge in [0.25, 0.3) is 0 Å². The molecule has 1 aliphatic heterocycles. The van der Waals surface area contributed by atoms with E-state index in [0.29, 0.717) is 5.41 Å². The van der Waals surface area contributed by atoms with Crippen LogP contribution in [0.1, 0.15) is 52.9 Å². The highest BCUT2D eigenvalue weighted by Crippen LogP contribution is 2.38. The molecule has 3 unspecified atom stereocenters. The zero-order valence-corrected chi connectivity index (χ0v) is 11.9. The smallest absolute Gasteiger partial charge is 0.0138 e. The molecular formula is C15H30N2. The van der Waals surface area contributed by atoms with Gasteiger partial charge in [0.15, 0.2) is 0 Å². The maximum atomic E-state index is 5.99. The van der Waals surface area contributed by atoms with Crippen molar-refractivity contribution in [2.45, 2.75) is 58.9 Å². The van der Waals surface area contributed by atoms with E-state index in [9.17, 15) is 0 Å². The molecule has 2 heteroatoms. The van der Waals surface area contributed by atoms with E-state index in [4.69, 9.17) is 5.73 Å². The highest BCUT2D eigenvalue weighted by Gasteiger charge is 2.38. The van der Waals surface area contributed by atoms with Crippen molar-refractivity contribution < 1.29 is 0 Å². The summed E-state index contributed by atoms with van der Waals surface area (Å²) in [5.41, 5.74) is 6.52. The Bertz CT molecular complexity index is 249. The Hall–Kier alpha value is -0.0800. The first-order chi connectivity index (χ1) is 8.05. The maximum Gasteiger partial charge on any atom is 0.0138 e. The van der Waals surface area contributed by atoms with Crippen LogP contribution in [0.25, 0.3) is 0 Å². The molecule has 3 atom stereocenters. The third-order valence-electron chi connectivity index (χ3n) is 5.12. The number of nitrogens with zero attached hydrogens (tertiary/aromatic N) is 1. The van der Waals surface area contributed by atoms with Gasteiger partial charge >= 0.3 is 0 Å². The average Bonchev–Trinajstić information content (AvgIpc) is 2.68. The van der Waals surface area contributed by atoms with Crippen LogP contribution in [0.15, 0.2) is 0 Å². The summed E-state index contributed by atoms with van der Waals surface area (Å²) in [6, 6.07) is 0.778. The van der Waals surface area contributed by atoms with Crippen LogP contribution in [-0.4, -0.2) is 30.6 Å². The zero-order valence-electron chi connectivity index (χ0n) is 11.9. The highest BCUT2D eigenvalue weighted by atomic mass is 15.2. The number of rotatable bonds is 3. The minimum atomic E-state index is 0.526. The molecule has 0 amide bonds. The van der Waals surface area contributed by atoms with Gasteiger partial charge in [-0.2, -0.15) is 0 Å². The van der Waals surface area contributed by atoms with Crippen molar-refractivity contribution >= 4 is 0 Å². The summed E-state index contributed by atoms with van der Waals surface area (Å²) >= 11 is 0. The Balaban J connectivity index is 2.00. The molecule has 1 saturated carbocycles. The fraction of sp³-hybridized carbons (Fsp3) is 1.00. The normalized spacial score (nSPS) is 38.5. The molecule has 0 aromatic carbocycles. The first kappa shape index (κ1) is 13.4. The number of hydrogen-bond acceptors (Lipinski definition) is 2. The Labute approximate surface area is 107 Å². The van der Waals surface area contributed by atoms with Crippen molar-refractivity contribution in [3.8, 4) is 0 Å². The number of nitrogens with two attached hydrogens (primary N) is 1. The molecule has 0 spiro atoms. The van der Waals surface area contributed by atoms with Crippen LogP contribution < -0.4 is 5.73 Å². The van der Waals surface area contributed by atoms with Crippen molar-refractivity contribution in [1.82, 2.24) is 4.90 Å². The minimum absolute atomic E-state index is 0.526. The summed E-state index contributed by atoms with van der Waals surface area (Å²) in [5, 5.41) is 0. The summed E-state index contributed by atoms with van der Waals surface area (Å²) in [4.78, 5) is 2.75. The highest BCUT2D eigenvalue weighted by molar-refractivity contribution is 4.93. The summed E-state index contributed by atoms with van der Waals surface area (Å²) in [6.07, 6.45) is 6.87. The van der Waals surface area contributed by atoms with E-state index in [1.54, 1.807) is 0 Å². The Morgan fingerprint density at radius 3 is 2.59 bits per heavy atom. The summed E-state index contributed by atoms with van der Waals surface area (Å²) in [5.74, 6) is 1.71. The van der Waals surface area contributed by atoms with Gasteiger partial charge in [0.1, 0.15) is 0 Å². The second-order valence-corrected chi connectivity index (χ2v) is 7.04. The van der Waals surface area contributed by atoms with Crippen LogP contribution in [0.5, 0.6) is 0 Å².